The molecule has 0 aliphatic rings. The van der Waals surface area contributed by atoms with E-state index in [0.29, 0.717) is 12.1 Å². The average molecular weight is 247 g/mol. The number of halogens is 2. The predicted octanol–water partition coefficient (Wildman–Crippen LogP) is 0.0160. The van der Waals surface area contributed by atoms with Gasteiger partial charge in [-0.05, 0) is 12.1 Å². The van der Waals surface area contributed by atoms with Gasteiger partial charge in [0.25, 0.3) is 0 Å². The third kappa shape index (κ3) is 2.76. The van der Waals surface area contributed by atoms with Crippen LogP contribution in [-0.2, 0) is 0 Å². The molecule has 0 saturated carbocycles. The number of hydrogen-bond acceptors (Lipinski definition) is 4. The molecule has 1 rings (SSSR count). The van der Waals surface area contributed by atoms with Gasteiger partial charge in [0.1, 0.15) is 17.7 Å². The fourth-order valence-electron chi connectivity index (χ4n) is 1.29. The Bertz CT molecular complexity index is 439. The monoisotopic (exact) mass is 247 g/mol. The number of nitrogens with two attached hydrogens (primary N) is 1. The summed E-state index contributed by atoms with van der Waals surface area (Å²) < 4.78 is 26.6. The summed E-state index contributed by atoms with van der Waals surface area (Å²) in [5, 5.41) is 27.2. The lowest BCUT2D eigenvalue weighted by molar-refractivity contribution is 0.0219. The van der Waals surface area contributed by atoms with Gasteiger partial charge in [-0.1, -0.05) is 0 Å². The Labute approximate surface area is 95.1 Å². The van der Waals surface area contributed by atoms with Crippen molar-refractivity contribution in [3.8, 4) is 0 Å². The maximum Gasteiger partial charge on any atom is 0.338 e. The first kappa shape index (κ1) is 13.5. The summed E-state index contributed by atoms with van der Waals surface area (Å²) in [7, 11) is 0. The van der Waals surface area contributed by atoms with Crippen LogP contribution in [0.25, 0.3) is 0 Å². The van der Waals surface area contributed by atoms with E-state index < -0.39 is 40.9 Å². The molecule has 5 nitrogen and oxygen atoms in total. The van der Waals surface area contributed by atoms with Gasteiger partial charge in [-0.15, -0.1) is 0 Å². The summed E-state index contributed by atoms with van der Waals surface area (Å²) >= 11 is 0. The zero-order valence-corrected chi connectivity index (χ0v) is 8.60. The largest absolute Gasteiger partial charge is 0.478 e. The average Bonchev–Trinajstić information content (AvgIpc) is 2.29. The summed E-state index contributed by atoms with van der Waals surface area (Å²) in [5.74, 6) is -3.94. The van der Waals surface area contributed by atoms with Gasteiger partial charge >= 0.3 is 5.97 Å². The molecule has 0 fully saturated rings. The van der Waals surface area contributed by atoms with Crippen LogP contribution in [0.15, 0.2) is 12.1 Å². The first-order valence-corrected chi connectivity index (χ1v) is 4.67. The molecule has 1 aromatic rings. The molecule has 0 radical (unpaired) electrons. The second-order valence-electron chi connectivity index (χ2n) is 3.41. The molecule has 2 atom stereocenters. The molecular weight excluding hydrogens is 236 g/mol. The van der Waals surface area contributed by atoms with Crippen LogP contribution in [0.5, 0.6) is 0 Å². The normalized spacial score (nSPS) is 14.4. The van der Waals surface area contributed by atoms with Crippen LogP contribution in [0, 0.1) is 11.6 Å². The van der Waals surface area contributed by atoms with Gasteiger partial charge < -0.3 is 21.1 Å². The molecule has 0 saturated heterocycles. The molecule has 7 heteroatoms. The quantitative estimate of drug-likeness (QED) is 0.600. The Hall–Kier alpha value is -1.57. The van der Waals surface area contributed by atoms with E-state index in [9.17, 15) is 23.8 Å². The van der Waals surface area contributed by atoms with Crippen molar-refractivity contribution >= 4 is 5.97 Å². The van der Waals surface area contributed by atoms with Gasteiger partial charge in [0.05, 0.1) is 11.7 Å². The van der Waals surface area contributed by atoms with E-state index >= 15 is 0 Å². The van der Waals surface area contributed by atoms with E-state index in [1.54, 1.807) is 0 Å². The first-order chi connectivity index (χ1) is 7.88. The summed E-state index contributed by atoms with van der Waals surface area (Å²) in [6.07, 6.45) is -3.17. The van der Waals surface area contributed by atoms with Crippen LogP contribution in [-0.4, -0.2) is 33.9 Å². The summed E-state index contributed by atoms with van der Waals surface area (Å²) in [4.78, 5) is 10.5. The van der Waals surface area contributed by atoms with E-state index in [2.05, 4.69) is 0 Å². The zero-order valence-electron chi connectivity index (χ0n) is 8.60. The Morgan fingerprint density at radius 2 is 1.88 bits per heavy atom. The smallest absolute Gasteiger partial charge is 0.338 e. The van der Waals surface area contributed by atoms with E-state index in [4.69, 9.17) is 10.8 Å². The number of hydrogen-bond donors (Lipinski definition) is 4. The molecule has 0 amide bonds. The second-order valence-corrected chi connectivity index (χ2v) is 3.41. The highest BCUT2D eigenvalue weighted by molar-refractivity contribution is 5.88. The van der Waals surface area contributed by atoms with Gasteiger partial charge in [-0.3, -0.25) is 0 Å². The predicted molar refractivity (Wildman–Crippen MR) is 53.3 cm³/mol. The number of aromatic carboxylic acids is 1. The molecule has 0 spiro atoms. The molecule has 0 aliphatic heterocycles. The highest BCUT2D eigenvalue weighted by Gasteiger charge is 2.23. The third-order valence-electron chi connectivity index (χ3n) is 2.24. The second kappa shape index (κ2) is 5.17. The van der Waals surface area contributed by atoms with Gasteiger partial charge in [0, 0.05) is 12.1 Å². The number of aliphatic hydroxyl groups excluding tert-OH is 2. The van der Waals surface area contributed by atoms with Crippen LogP contribution >= 0.6 is 0 Å². The Morgan fingerprint density at radius 1 is 1.29 bits per heavy atom. The molecule has 94 valence electrons. The minimum atomic E-state index is -1.71. The van der Waals surface area contributed by atoms with Gasteiger partial charge in [0.2, 0.25) is 0 Å². The van der Waals surface area contributed by atoms with Crippen molar-refractivity contribution in [3.63, 3.8) is 0 Å². The highest BCUT2D eigenvalue weighted by Crippen LogP contribution is 2.23. The van der Waals surface area contributed by atoms with E-state index in [-0.39, 0.29) is 6.54 Å². The Morgan fingerprint density at radius 3 is 2.35 bits per heavy atom. The van der Waals surface area contributed by atoms with Gasteiger partial charge in [0.15, 0.2) is 0 Å². The summed E-state index contributed by atoms with van der Waals surface area (Å²) in [5.41, 5.74) is 3.67. The molecular formula is C10H11F2NO4. The van der Waals surface area contributed by atoms with E-state index in [0.717, 1.165) is 0 Å². The zero-order chi connectivity index (χ0) is 13.2. The number of benzene rings is 1. The molecule has 2 unspecified atom stereocenters. The van der Waals surface area contributed by atoms with Crippen molar-refractivity contribution in [3.05, 3.63) is 34.9 Å². The lowest BCUT2D eigenvalue weighted by Gasteiger charge is -2.17. The van der Waals surface area contributed by atoms with E-state index in [1.165, 1.54) is 0 Å². The number of rotatable bonds is 4. The SMILES string of the molecule is NCC(O)C(O)c1cc(F)c(C(=O)O)cc1F. The molecule has 5 N–H and O–H groups in total. The van der Waals surface area contributed by atoms with Crippen molar-refractivity contribution in [1.29, 1.82) is 0 Å². The molecule has 0 aromatic heterocycles. The molecule has 0 heterocycles. The lowest BCUT2D eigenvalue weighted by atomic mass is 10.0. The lowest BCUT2D eigenvalue weighted by Crippen LogP contribution is -2.28. The molecule has 17 heavy (non-hydrogen) atoms. The van der Waals surface area contributed by atoms with Crippen LogP contribution < -0.4 is 5.73 Å². The molecule has 0 aliphatic carbocycles. The van der Waals surface area contributed by atoms with Gasteiger partial charge in [-0.25, -0.2) is 13.6 Å². The minimum Gasteiger partial charge on any atom is -0.478 e. The molecule has 0 bridgehead atoms. The number of carboxylic acids is 1. The van der Waals surface area contributed by atoms with Crippen molar-refractivity contribution in [2.75, 3.05) is 6.54 Å². The van der Waals surface area contributed by atoms with Gasteiger partial charge in [-0.2, -0.15) is 0 Å². The molecule has 1 aromatic carbocycles. The van der Waals surface area contributed by atoms with Crippen molar-refractivity contribution in [2.24, 2.45) is 5.73 Å². The first-order valence-electron chi connectivity index (χ1n) is 4.67. The fraction of sp³-hybridized carbons (Fsp3) is 0.300. The Kier molecular flexibility index (Phi) is 4.11. The van der Waals surface area contributed by atoms with Crippen LogP contribution in [0.1, 0.15) is 22.0 Å². The summed E-state index contributed by atoms with van der Waals surface area (Å²) in [6.45, 7) is -0.344. The minimum absolute atomic E-state index is 0.344. The van der Waals surface area contributed by atoms with E-state index in [1.807, 2.05) is 0 Å². The van der Waals surface area contributed by atoms with Crippen LogP contribution in [0.4, 0.5) is 8.78 Å². The van der Waals surface area contributed by atoms with Crippen LogP contribution in [0.3, 0.4) is 0 Å². The fourth-order valence-corrected chi connectivity index (χ4v) is 1.29. The maximum atomic E-state index is 13.4. The van der Waals surface area contributed by atoms with Crippen molar-refractivity contribution < 1.29 is 28.9 Å². The summed E-state index contributed by atoms with van der Waals surface area (Å²) in [6, 6.07) is 0.974. The topological polar surface area (TPSA) is 104 Å². The van der Waals surface area contributed by atoms with Crippen molar-refractivity contribution in [2.45, 2.75) is 12.2 Å². The number of carboxylic acid groups (broad SMARTS) is 1. The third-order valence-corrected chi connectivity index (χ3v) is 2.24. The Balaban J connectivity index is 3.20. The standard InChI is InChI=1S/C10H11F2NO4/c11-6-2-5(10(16)17)7(12)1-4(6)9(15)8(14)3-13/h1-2,8-9,14-15H,3,13H2,(H,16,17). The van der Waals surface area contributed by atoms with Crippen LogP contribution in [0.2, 0.25) is 0 Å². The number of aliphatic hydroxyl groups is 2. The maximum absolute atomic E-state index is 13.4. The van der Waals surface area contributed by atoms with Crippen molar-refractivity contribution in [1.82, 2.24) is 0 Å². The highest BCUT2D eigenvalue weighted by atomic mass is 19.1. The number of carbonyl (C=O) groups is 1.